The molecular weight excluding hydrogens is 1140 g/mol. The molecule has 0 unspecified atom stereocenters. The van der Waals surface area contributed by atoms with Gasteiger partial charge in [-0.15, -0.1) is 0 Å². The molecule has 0 atom stereocenters. The third kappa shape index (κ3) is 13.0. The van der Waals surface area contributed by atoms with Crippen LogP contribution in [0.4, 0.5) is 0 Å². The summed E-state index contributed by atoms with van der Waals surface area (Å²) in [4.78, 5) is 27.1. The maximum absolute atomic E-state index is 12.6. The number of carbonyl (C=O) groups excluding carboxylic acids is 1. The topological polar surface area (TPSA) is 78.7 Å². The average Bonchev–Trinajstić information content (AvgIpc) is 1.71. The van der Waals surface area contributed by atoms with Crippen molar-refractivity contribution in [3.63, 3.8) is 0 Å². The van der Waals surface area contributed by atoms with Gasteiger partial charge in [0.25, 0.3) is 5.91 Å². The highest BCUT2D eigenvalue weighted by Crippen LogP contribution is 2.36. The zero-order valence-electron chi connectivity index (χ0n) is 53.0. The Morgan fingerprint density at radius 1 is 0.312 bits per heavy atom. The molecule has 0 bridgehead atoms. The molecule has 0 aliphatic carbocycles. The molecule has 16 aromatic rings. The Hall–Kier alpha value is -11.9. The summed E-state index contributed by atoms with van der Waals surface area (Å²) in [6.45, 7) is 8.40. The van der Waals surface area contributed by atoms with Crippen LogP contribution >= 0.6 is 0 Å². The molecule has 1 amide bonds. The minimum absolute atomic E-state index is 0.0117. The maximum Gasteiger partial charge on any atom is 0.253 e. The minimum atomic E-state index is 0.0117. The van der Waals surface area contributed by atoms with Crippen LogP contribution in [0, 0.1) is 27.7 Å². The molecule has 0 spiro atoms. The number of aromatic nitrogens is 7. The van der Waals surface area contributed by atoms with E-state index in [9.17, 15) is 4.79 Å². The normalized spacial score (nSPS) is 10.9. The molecule has 7 heterocycles. The first-order chi connectivity index (χ1) is 45.5. The van der Waals surface area contributed by atoms with Crippen LogP contribution in [-0.4, -0.2) is 58.1 Å². The zero-order valence-corrected chi connectivity index (χ0v) is 53.0. The number of pyridine rings is 3. The number of carbonyl (C=O) groups is 1. The predicted octanol–water partition coefficient (Wildman–Crippen LogP) is 20.3. The van der Waals surface area contributed by atoms with Crippen LogP contribution in [0.2, 0.25) is 0 Å². The van der Waals surface area contributed by atoms with Crippen molar-refractivity contribution in [2.45, 2.75) is 27.7 Å². The average molecular weight is 1210 g/mol. The molecular formula is C84H70N8O. The lowest BCUT2D eigenvalue weighted by molar-refractivity contribution is 0.0827. The SMILES string of the molecule is Cc1cc(C(=O)N(C)C)cc(-n2c(-c3ccccc3)cc3ccccc32)c1.Cc1cccc(-n2c(-c3ccccn3)cc3ccccc32)c1.Cc1cccc(-n2c(-c3cccnc3)cc3ccccc32)c1.Cc1cccc(-n2c(-c3ccncc3)cc3ccccc32)c1. The zero-order chi connectivity index (χ0) is 63.8. The lowest BCUT2D eigenvalue weighted by Crippen LogP contribution is -2.22. The fourth-order valence-corrected chi connectivity index (χ4v) is 12.3. The molecule has 7 aromatic heterocycles. The summed E-state index contributed by atoms with van der Waals surface area (Å²) in [5.41, 5.74) is 23.9. The van der Waals surface area contributed by atoms with Gasteiger partial charge in [-0.2, -0.15) is 0 Å². The van der Waals surface area contributed by atoms with Gasteiger partial charge in [-0.1, -0.05) is 146 Å². The van der Waals surface area contributed by atoms with Crippen molar-refractivity contribution in [3.05, 3.63) is 344 Å². The van der Waals surface area contributed by atoms with E-state index in [0.717, 1.165) is 45.0 Å². The fraction of sp³-hybridized carbons (Fsp3) is 0.0714. The summed E-state index contributed by atoms with van der Waals surface area (Å²) in [7, 11) is 3.57. The van der Waals surface area contributed by atoms with Crippen molar-refractivity contribution >= 4 is 49.5 Å². The molecule has 9 aromatic carbocycles. The van der Waals surface area contributed by atoms with E-state index in [1.807, 2.05) is 74.3 Å². The molecule has 0 radical (unpaired) electrons. The molecule has 452 valence electrons. The van der Waals surface area contributed by atoms with Crippen molar-refractivity contribution in [1.29, 1.82) is 0 Å². The summed E-state index contributed by atoms with van der Waals surface area (Å²) < 4.78 is 9.14. The summed E-state index contributed by atoms with van der Waals surface area (Å²) in [5, 5.41) is 4.89. The molecule has 0 aliphatic rings. The second kappa shape index (κ2) is 27.0. The van der Waals surface area contributed by atoms with E-state index in [2.05, 4.69) is 303 Å². The van der Waals surface area contributed by atoms with E-state index in [-0.39, 0.29) is 5.91 Å². The second-order valence-electron chi connectivity index (χ2n) is 23.5. The highest BCUT2D eigenvalue weighted by molar-refractivity contribution is 5.96. The van der Waals surface area contributed by atoms with E-state index in [1.54, 1.807) is 19.0 Å². The number of hydrogen-bond donors (Lipinski definition) is 0. The van der Waals surface area contributed by atoms with Gasteiger partial charge < -0.3 is 23.2 Å². The van der Waals surface area contributed by atoms with E-state index < -0.39 is 0 Å². The Morgan fingerprint density at radius 2 is 0.720 bits per heavy atom. The van der Waals surface area contributed by atoms with Crippen LogP contribution in [0.25, 0.3) is 112 Å². The van der Waals surface area contributed by atoms with Crippen molar-refractivity contribution in [3.8, 4) is 67.9 Å². The van der Waals surface area contributed by atoms with Gasteiger partial charge in [-0.3, -0.25) is 19.7 Å². The fourth-order valence-electron chi connectivity index (χ4n) is 12.3. The van der Waals surface area contributed by atoms with Crippen molar-refractivity contribution in [1.82, 2.24) is 38.1 Å². The summed E-state index contributed by atoms with van der Waals surface area (Å²) in [6, 6.07) is 99.1. The molecule has 0 N–H and O–H groups in total. The maximum atomic E-state index is 12.6. The number of rotatable bonds is 9. The Kier molecular flexibility index (Phi) is 17.4. The first-order valence-electron chi connectivity index (χ1n) is 31.3. The van der Waals surface area contributed by atoms with E-state index in [0.29, 0.717) is 5.56 Å². The second-order valence-corrected chi connectivity index (χ2v) is 23.5. The molecule has 9 nitrogen and oxygen atoms in total. The molecule has 9 heteroatoms. The molecule has 0 fully saturated rings. The Labute approximate surface area is 543 Å². The standard InChI is InChI=1S/C24H22N2O.3C20H16N2/c1-17-13-20(24(27)25(2)3)15-21(14-17)26-22-12-8-7-11-19(22)16-23(26)18-9-5-4-6-10-18;1-15-6-4-9-18(12-15)22-19-10-3-2-7-16(19)13-20(22)17-8-5-11-21-14-17;1-15-7-6-9-17(13-15)22-19-11-3-2-8-16(19)14-20(22)18-10-4-5-12-21-18;1-15-5-4-7-18(13-15)22-19-8-3-2-6-17(19)14-20(22)16-9-11-21-12-10-16/h4-16H,1-3H3;3*2-14H,1H3. The number of hydrogen-bond acceptors (Lipinski definition) is 4. The highest BCUT2D eigenvalue weighted by Gasteiger charge is 2.18. The van der Waals surface area contributed by atoms with E-state index >= 15 is 0 Å². The molecule has 0 saturated heterocycles. The lowest BCUT2D eigenvalue weighted by Gasteiger charge is -2.16. The number of benzene rings is 9. The van der Waals surface area contributed by atoms with Crippen molar-refractivity contribution in [2.24, 2.45) is 0 Å². The first kappa shape index (κ1) is 60.0. The smallest absolute Gasteiger partial charge is 0.253 e. The third-order valence-electron chi connectivity index (χ3n) is 16.5. The molecule has 93 heavy (non-hydrogen) atoms. The van der Waals surface area contributed by atoms with E-state index in [4.69, 9.17) is 0 Å². The van der Waals surface area contributed by atoms with Crippen LogP contribution in [0.3, 0.4) is 0 Å². The van der Waals surface area contributed by atoms with Gasteiger partial charge in [0.15, 0.2) is 0 Å². The summed E-state index contributed by atoms with van der Waals surface area (Å²) >= 11 is 0. The Bertz CT molecular complexity index is 4870. The largest absolute Gasteiger partial charge is 0.345 e. The molecule has 16 rings (SSSR count). The number of amides is 1. The molecule has 0 saturated carbocycles. The van der Waals surface area contributed by atoms with Crippen LogP contribution in [0.1, 0.15) is 32.6 Å². The number of nitrogens with zero attached hydrogens (tertiary/aromatic N) is 8. The summed E-state index contributed by atoms with van der Waals surface area (Å²) in [6.07, 6.45) is 9.25. The van der Waals surface area contributed by atoms with Crippen molar-refractivity contribution < 1.29 is 4.79 Å². The first-order valence-corrected chi connectivity index (χ1v) is 31.3. The van der Waals surface area contributed by atoms with Gasteiger partial charge in [0, 0.05) is 106 Å². The van der Waals surface area contributed by atoms with Gasteiger partial charge in [0.2, 0.25) is 0 Å². The number of aryl methyl sites for hydroxylation is 4. The van der Waals surface area contributed by atoms with Gasteiger partial charge in [0.05, 0.1) is 50.5 Å². The highest BCUT2D eigenvalue weighted by atomic mass is 16.2. The quantitative estimate of drug-likeness (QED) is 0.144. The Balaban J connectivity index is 0.000000113. The van der Waals surface area contributed by atoms with E-state index in [1.165, 1.54) is 88.8 Å². The third-order valence-corrected chi connectivity index (χ3v) is 16.5. The van der Waals surface area contributed by atoms with Gasteiger partial charge in [-0.05, 0) is 195 Å². The monoisotopic (exact) mass is 1210 g/mol. The number of para-hydroxylation sites is 4. The predicted molar refractivity (Wildman–Crippen MR) is 385 cm³/mol. The van der Waals surface area contributed by atoms with Crippen LogP contribution in [0.15, 0.2) is 316 Å². The van der Waals surface area contributed by atoms with Gasteiger partial charge >= 0.3 is 0 Å². The van der Waals surface area contributed by atoms with Gasteiger partial charge in [0.1, 0.15) is 0 Å². The lowest BCUT2D eigenvalue weighted by atomic mass is 10.1. The van der Waals surface area contributed by atoms with Crippen LogP contribution < -0.4 is 0 Å². The van der Waals surface area contributed by atoms with Crippen LogP contribution in [-0.2, 0) is 0 Å². The van der Waals surface area contributed by atoms with Crippen molar-refractivity contribution in [2.75, 3.05) is 14.1 Å². The van der Waals surface area contributed by atoms with Gasteiger partial charge in [-0.25, -0.2) is 0 Å². The number of fused-ring (bicyclic) bond motifs is 4. The van der Waals surface area contributed by atoms with Crippen LogP contribution in [0.5, 0.6) is 0 Å². The minimum Gasteiger partial charge on any atom is -0.345 e. The molecule has 0 aliphatic heterocycles. The summed E-state index contributed by atoms with van der Waals surface area (Å²) in [5.74, 6) is 0.0117. The Morgan fingerprint density at radius 3 is 1.17 bits per heavy atom.